The van der Waals surface area contributed by atoms with Gasteiger partial charge in [0.15, 0.2) is 0 Å². The van der Waals surface area contributed by atoms with Crippen molar-refractivity contribution < 1.29 is 14.3 Å². The van der Waals surface area contributed by atoms with Crippen molar-refractivity contribution in [1.82, 2.24) is 0 Å². The monoisotopic (exact) mass is 355 g/mol. The highest BCUT2D eigenvalue weighted by molar-refractivity contribution is 6.34. The number of amides is 1. The van der Waals surface area contributed by atoms with Crippen molar-refractivity contribution in [2.75, 3.05) is 26.2 Å². The molecule has 5 heteroatoms. The number of benzene rings is 3. The molecule has 4 nitrogen and oxygen atoms in total. The molecule has 0 saturated carbocycles. The molecule has 0 unspecified atom stereocenters. The number of carbonyl (C=O) groups is 1. The summed E-state index contributed by atoms with van der Waals surface area (Å²) in [4.78, 5) is 14.5. The molecule has 0 bridgehead atoms. The van der Waals surface area contributed by atoms with E-state index in [1.165, 1.54) is 0 Å². The van der Waals surface area contributed by atoms with Gasteiger partial charge in [0.05, 0.1) is 30.5 Å². The van der Waals surface area contributed by atoms with Gasteiger partial charge in [0.25, 0.3) is 5.91 Å². The zero-order valence-electron chi connectivity index (χ0n) is 14.2. The molecule has 128 valence electrons. The predicted molar refractivity (Wildman–Crippen MR) is 101 cm³/mol. The molecule has 0 radical (unpaired) electrons. The van der Waals surface area contributed by atoms with E-state index in [9.17, 15) is 4.79 Å². The lowest BCUT2D eigenvalue weighted by Crippen LogP contribution is -2.26. The minimum absolute atomic E-state index is 0.184. The number of carbonyl (C=O) groups excluding carboxylic acids is 1. The number of fused-ring (bicyclic) bond motifs is 1. The van der Waals surface area contributed by atoms with Gasteiger partial charge in [-0.25, -0.2) is 0 Å². The standard InChI is InChI=1S/C20H18ClNO3/c1-22(20(23)17-10-8-15(25-3)12-18(17)21)19-6-4-5-13-11-14(24-2)7-9-16(13)19/h4-12H,1-3H3. The van der Waals surface area contributed by atoms with Crippen LogP contribution in [0.25, 0.3) is 10.8 Å². The Kier molecular flexibility index (Phi) is 4.81. The van der Waals surface area contributed by atoms with Crippen LogP contribution in [0.4, 0.5) is 5.69 Å². The summed E-state index contributed by atoms with van der Waals surface area (Å²) in [6, 6.07) is 16.6. The first-order valence-corrected chi connectivity index (χ1v) is 8.11. The molecule has 0 saturated heterocycles. The molecule has 0 aliphatic heterocycles. The van der Waals surface area contributed by atoms with Gasteiger partial charge >= 0.3 is 0 Å². The van der Waals surface area contributed by atoms with E-state index < -0.39 is 0 Å². The van der Waals surface area contributed by atoms with Gasteiger partial charge in [-0.05, 0) is 47.9 Å². The van der Waals surface area contributed by atoms with Crippen molar-refractivity contribution in [2.24, 2.45) is 0 Å². The highest BCUT2D eigenvalue weighted by Crippen LogP contribution is 2.31. The lowest BCUT2D eigenvalue weighted by molar-refractivity contribution is 0.0993. The summed E-state index contributed by atoms with van der Waals surface area (Å²) in [5.74, 6) is 1.20. The number of hydrogen-bond donors (Lipinski definition) is 0. The van der Waals surface area contributed by atoms with Crippen molar-refractivity contribution in [2.45, 2.75) is 0 Å². The molecule has 0 spiro atoms. The Labute approximate surface area is 151 Å². The second-order valence-electron chi connectivity index (χ2n) is 5.57. The van der Waals surface area contributed by atoms with Crippen LogP contribution >= 0.6 is 11.6 Å². The number of methoxy groups -OCH3 is 2. The van der Waals surface area contributed by atoms with Crippen LogP contribution in [-0.4, -0.2) is 27.2 Å². The second-order valence-corrected chi connectivity index (χ2v) is 5.98. The quantitative estimate of drug-likeness (QED) is 0.675. The van der Waals surface area contributed by atoms with Gasteiger partial charge in [-0.15, -0.1) is 0 Å². The van der Waals surface area contributed by atoms with Crippen LogP contribution in [-0.2, 0) is 0 Å². The highest BCUT2D eigenvalue weighted by Gasteiger charge is 2.18. The molecule has 25 heavy (non-hydrogen) atoms. The van der Waals surface area contributed by atoms with Crippen molar-refractivity contribution in [3.63, 3.8) is 0 Å². The first kappa shape index (κ1) is 17.1. The van der Waals surface area contributed by atoms with Crippen LogP contribution in [0.15, 0.2) is 54.6 Å². The van der Waals surface area contributed by atoms with Crippen LogP contribution in [0.5, 0.6) is 11.5 Å². The van der Waals surface area contributed by atoms with Gasteiger partial charge in [0, 0.05) is 12.4 Å². The Morgan fingerprint density at radius 3 is 2.32 bits per heavy atom. The van der Waals surface area contributed by atoms with E-state index in [1.54, 1.807) is 44.4 Å². The van der Waals surface area contributed by atoms with E-state index in [4.69, 9.17) is 21.1 Å². The van der Waals surface area contributed by atoms with E-state index in [2.05, 4.69) is 0 Å². The van der Waals surface area contributed by atoms with Crippen LogP contribution < -0.4 is 14.4 Å². The fourth-order valence-corrected chi connectivity index (χ4v) is 3.00. The van der Waals surface area contributed by atoms with Gasteiger partial charge in [0.2, 0.25) is 0 Å². The average Bonchev–Trinajstić information content (AvgIpc) is 2.65. The van der Waals surface area contributed by atoms with Crippen LogP contribution in [0.1, 0.15) is 10.4 Å². The Morgan fingerprint density at radius 2 is 1.64 bits per heavy atom. The molecule has 0 fully saturated rings. The van der Waals surface area contributed by atoms with Gasteiger partial charge in [0.1, 0.15) is 11.5 Å². The third-order valence-electron chi connectivity index (χ3n) is 4.14. The minimum atomic E-state index is -0.184. The lowest BCUT2D eigenvalue weighted by atomic mass is 10.1. The summed E-state index contributed by atoms with van der Waals surface area (Å²) in [5.41, 5.74) is 1.23. The molecule has 3 aromatic rings. The summed E-state index contributed by atoms with van der Waals surface area (Å²) >= 11 is 6.25. The largest absolute Gasteiger partial charge is 0.497 e. The molecule has 0 aliphatic carbocycles. The van der Waals surface area contributed by atoms with Crippen molar-refractivity contribution in [3.05, 3.63) is 65.2 Å². The molecule has 3 aromatic carbocycles. The molecule has 0 aliphatic rings. The summed E-state index contributed by atoms with van der Waals surface area (Å²) in [6.45, 7) is 0. The number of hydrogen-bond acceptors (Lipinski definition) is 3. The zero-order valence-corrected chi connectivity index (χ0v) is 15.0. The van der Waals surface area contributed by atoms with Crippen molar-refractivity contribution >= 4 is 34.0 Å². The molecule has 0 N–H and O–H groups in total. The fourth-order valence-electron chi connectivity index (χ4n) is 2.75. The number of anilines is 1. The third kappa shape index (κ3) is 3.26. The number of rotatable bonds is 4. The maximum atomic E-state index is 12.9. The molecular weight excluding hydrogens is 338 g/mol. The summed E-state index contributed by atoms with van der Waals surface area (Å²) < 4.78 is 10.4. The third-order valence-corrected chi connectivity index (χ3v) is 4.45. The Morgan fingerprint density at radius 1 is 0.960 bits per heavy atom. The lowest BCUT2D eigenvalue weighted by Gasteiger charge is -2.20. The molecule has 0 atom stereocenters. The van der Waals surface area contributed by atoms with E-state index in [0.29, 0.717) is 16.3 Å². The van der Waals surface area contributed by atoms with E-state index in [0.717, 1.165) is 22.2 Å². The van der Waals surface area contributed by atoms with Gasteiger partial charge < -0.3 is 14.4 Å². The normalized spacial score (nSPS) is 10.6. The van der Waals surface area contributed by atoms with E-state index in [-0.39, 0.29) is 5.91 Å². The summed E-state index contributed by atoms with van der Waals surface area (Å²) in [5, 5.41) is 2.32. The molecule has 0 heterocycles. The van der Waals surface area contributed by atoms with E-state index >= 15 is 0 Å². The Balaban J connectivity index is 2.01. The molecule has 0 aromatic heterocycles. The van der Waals surface area contributed by atoms with Gasteiger partial charge in [-0.2, -0.15) is 0 Å². The van der Waals surface area contributed by atoms with Crippen LogP contribution in [0, 0.1) is 0 Å². The fraction of sp³-hybridized carbons (Fsp3) is 0.150. The first-order chi connectivity index (χ1) is 12.0. The van der Waals surface area contributed by atoms with Crippen LogP contribution in [0.2, 0.25) is 5.02 Å². The Bertz CT molecular complexity index is 939. The summed E-state index contributed by atoms with van der Waals surface area (Å²) in [7, 11) is 4.93. The Hall–Kier alpha value is -2.72. The molecule has 3 rings (SSSR count). The van der Waals surface area contributed by atoms with Gasteiger partial charge in [-0.1, -0.05) is 23.7 Å². The second kappa shape index (κ2) is 7.03. The summed E-state index contributed by atoms with van der Waals surface area (Å²) in [6.07, 6.45) is 0. The number of ether oxygens (including phenoxy) is 2. The smallest absolute Gasteiger partial charge is 0.259 e. The average molecular weight is 356 g/mol. The number of halogens is 1. The van der Waals surface area contributed by atoms with E-state index in [1.807, 2.05) is 36.4 Å². The number of nitrogens with zero attached hydrogens (tertiary/aromatic N) is 1. The van der Waals surface area contributed by atoms with Gasteiger partial charge in [-0.3, -0.25) is 4.79 Å². The predicted octanol–water partition coefficient (Wildman–Crippen LogP) is 4.79. The maximum absolute atomic E-state index is 12.9. The van der Waals surface area contributed by atoms with Crippen molar-refractivity contribution in [3.8, 4) is 11.5 Å². The first-order valence-electron chi connectivity index (χ1n) is 7.73. The van der Waals surface area contributed by atoms with Crippen LogP contribution in [0.3, 0.4) is 0 Å². The van der Waals surface area contributed by atoms with Crippen molar-refractivity contribution in [1.29, 1.82) is 0 Å². The topological polar surface area (TPSA) is 38.8 Å². The highest BCUT2D eigenvalue weighted by atomic mass is 35.5. The minimum Gasteiger partial charge on any atom is -0.497 e. The zero-order chi connectivity index (χ0) is 18.0. The maximum Gasteiger partial charge on any atom is 0.259 e. The SMILES string of the molecule is COc1ccc(C(=O)N(C)c2cccc3cc(OC)ccc23)c(Cl)c1. The molecule has 1 amide bonds. The molecular formula is C20H18ClNO3.